The number of nitrogens with one attached hydrogen (secondary N) is 1. The molecule has 2 unspecified atom stereocenters. The molecule has 1 aromatic carbocycles. The molecule has 25 heavy (non-hydrogen) atoms. The van der Waals surface area contributed by atoms with Gasteiger partial charge in [0, 0.05) is 37.2 Å². The summed E-state index contributed by atoms with van der Waals surface area (Å²) in [5.41, 5.74) is 0.600. The minimum Gasteiger partial charge on any atom is -0.495 e. The molecule has 0 spiro atoms. The Morgan fingerprint density at radius 3 is 2.80 bits per heavy atom. The normalized spacial score (nSPS) is 24.4. The highest BCUT2D eigenvalue weighted by atomic mass is 35.5. The fourth-order valence-electron chi connectivity index (χ4n) is 3.72. The van der Waals surface area contributed by atoms with Crippen molar-refractivity contribution < 1.29 is 14.3 Å². The molecule has 2 heterocycles. The van der Waals surface area contributed by atoms with Gasteiger partial charge < -0.3 is 19.7 Å². The van der Waals surface area contributed by atoms with Gasteiger partial charge in [0.05, 0.1) is 26.0 Å². The molecule has 7 heteroatoms. The van der Waals surface area contributed by atoms with Gasteiger partial charge in [0.15, 0.2) is 0 Å². The molecule has 2 fully saturated rings. The number of hydrogen-bond acceptors (Lipinski definition) is 4. The van der Waals surface area contributed by atoms with Crippen LogP contribution in [0.5, 0.6) is 5.75 Å². The first-order chi connectivity index (χ1) is 12.1. The van der Waals surface area contributed by atoms with Crippen LogP contribution in [0.15, 0.2) is 18.2 Å². The van der Waals surface area contributed by atoms with Crippen LogP contribution in [0.1, 0.15) is 13.3 Å². The lowest BCUT2D eigenvalue weighted by Crippen LogP contribution is -2.47. The van der Waals surface area contributed by atoms with Crippen molar-refractivity contribution in [1.82, 2.24) is 9.80 Å². The lowest BCUT2D eigenvalue weighted by atomic mass is 9.99. The number of anilines is 1. The number of methoxy groups -OCH3 is 1. The van der Waals surface area contributed by atoms with E-state index in [2.05, 4.69) is 17.1 Å². The fraction of sp³-hybridized carbons (Fsp3) is 0.611. The van der Waals surface area contributed by atoms with Crippen LogP contribution in [0.25, 0.3) is 0 Å². The van der Waals surface area contributed by atoms with Gasteiger partial charge in [-0.15, -0.1) is 0 Å². The highest BCUT2D eigenvalue weighted by molar-refractivity contribution is 6.31. The zero-order valence-corrected chi connectivity index (χ0v) is 15.6. The molecular weight excluding hydrogens is 342 g/mol. The number of likely N-dealkylation sites (tertiary alicyclic amines) is 1. The van der Waals surface area contributed by atoms with Crippen molar-refractivity contribution in [2.24, 2.45) is 5.92 Å². The standard InChI is InChI=1S/C18H26ClN3O3/c1-3-13-11-22(12-16(13)21-6-8-25-9-7-21)18(23)20-15-10-14(19)4-5-17(15)24-2/h4-5,10,13,16H,3,6-9,11-12H2,1-2H3,(H,20,23). The Morgan fingerprint density at radius 1 is 1.36 bits per heavy atom. The second-order valence-electron chi connectivity index (χ2n) is 6.56. The summed E-state index contributed by atoms with van der Waals surface area (Å²) < 4.78 is 10.8. The van der Waals surface area contributed by atoms with Crippen molar-refractivity contribution in [2.45, 2.75) is 19.4 Å². The number of carbonyl (C=O) groups excluding carboxylic acids is 1. The Hall–Kier alpha value is -1.50. The Balaban J connectivity index is 1.67. The third kappa shape index (κ3) is 4.19. The smallest absolute Gasteiger partial charge is 0.322 e. The van der Waals surface area contributed by atoms with E-state index in [-0.39, 0.29) is 6.03 Å². The van der Waals surface area contributed by atoms with Crippen LogP contribution in [0, 0.1) is 5.92 Å². The molecule has 2 amide bonds. The minimum absolute atomic E-state index is 0.102. The Kier molecular flexibility index (Phi) is 6.04. The van der Waals surface area contributed by atoms with Gasteiger partial charge in [-0.05, 0) is 24.1 Å². The second-order valence-corrected chi connectivity index (χ2v) is 7.00. The number of amides is 2. The molecule has 6 nitrogen and oxygen atoms in total. The highest BCUT2D eigenvalue weighted by Crippen LogP contribution is 2.30. The van der Waals surface area contributed by atoms with Gasteiger partial charge in [0.25, 0.3) is 0 Å². The first-order valence-electron chi connectivity index (χ1n) is 8.83. The minimum atomic E-state index is -0.102. The predicted molar refractivity (Wildman–Crippen MR) is 98.6 cm³/mol. The van der Waals surface area contributed by atoms with Crippen molar-refractivity contribution >= 4 is 23.3 Å². The lowest BCUT2D eigenvalue weighted by molar-refractivity contribution is 0.0106. The topological polar surface area (TPSA) is 54.0 Å². The summed E-state index contributed by atoms with van der Waals surface area (Å²) in [7, 11) is 1.58. The molecular formula is C18H26ClN3O3. The van der Waals surface area contributed by atoms with Crippen molar-refractivity contribution in [1.29, 1.82) is 0 Å². The van der Waals surface area contributed by atoms with E-state index in [0.29, 0.717) is 28.4 Å². The Morgan fingerprint density at radius 2 is 2.12 bits per heavy atom. The van der Waals surface area contributed by atoms with E-state index in [1.807, 2.05) is 4.90 Å². The van der Waals surface area contributed by atoms with Gasteiger partial charge in [-0.2, -0.15) is 0 Å². The fourth-order valence-corrected chi connectivity index (χ4v) is 3.89. The summed E-state index contributed by atoms with van der Waals surface area (Å²) >= 11 is 6.05. The number of morpholine rings is 1. The van der Waals surface area contributed by atoms with Crippen molar-refractivity contribution in [2.75, 3.05) is 51.8 Å². The number of ether oxygens (including phenoxy) is 2. The molecule has 2 atom stereocenters. The van der Waals surface area contributed by atoms with E-state index in [0.717, 1.165) is 45.8 Å². The zero-order chi connectivity index (χ0) is 17.8. The molecule has 1 N–H and O–H groups in total. The molecule has 2 aliphatic heterocycles. The lowest BCUT2D eigenvalue weighted by Gasteiger charge is -2.34. The van der Waals surface area contributed by atoms with E-state index in [9.17, 15) is 4.79 Å². The maximum atomic E-state index is 12.8. The van der Waals surface area contributed by atoms with Crippen LogP contribution in [-0.4, -0.2) is 68.4 Å². The average molecular weight is 368 g/mol. The predicted octanol–water partition coefficient (Wildman–Crippen LogP) is 2.92. The second kappa shape index (κ2) is 8.25. The van der Waals surface area contributed by atoms with Gasteiger partial charge in [-0.25, -0.2) is 4.79 Å². The molecule has 0 saturated carbocycles. The largest absolute Gasteiger partial charge is 0.495 e. The molecule has 138 valence electrons. The van der Waals surface area contributed by atoms with E-state index in [4.69, 9.17) is 21.1 Å². The Labute approximate surface area is 154 Å². The molecule has 2 saturated heterocycles. The van der Waals surface area contributed by atoms with E-state index < -0.39 is 0 Å². The summed E-state index contributed by atoms with van der Waals surface area (Å²) in [4.78, 5) is 17.1. The molecule has 0 radical (unpaired) electrons. The SMILES string of the molecule is CCC1CN(C(=O)Nc2cc(Cl)ccc2OC)CC1N1CCOCC1. The van der Waals surface area contributed by atoms with Crippen molar-refractivity contribution in [3.05, 3.63) is 23.2 Å². The van der Waals surface area contributed by atoms with Crippen LogP contribution in [0.2, 0.25) is 5.02 Å². The molecule has 3 rings (SSSR count). The monoisotopic (exact) mass is 367 g/mol. The third-order valence-electron chi connectivity index (χ3n) is 5.14. The van der Waals surface area contributed by atoms with E-state index >= 15 is 0 Å². The average Bonchev–Trinajstić information content (AvgIpc) is 3.07. The van der Waals surface area contributed by atoms with Gasteiger partial charge in [-0.1, -0.05) is 24.9 Å². The summed E-state index contributed by atoms with van der Waals surface area (Å²) in [5.74, 6) is 1.10. The summed E-state index contributed by atoms with van der Waals surface area (Å²) in [6.07, 6.45) is 1.06. The van der Waals surface area contributed by atoms with Crippen LogP contribution >= 0.6 is 11.6 Å². The summed E-state index contributed by atoms with van der Waals surface area (Å²) in [6, 6.07) is 5.52. The van der Waals surface area contributed by atoms with E-state index in [1.165, 1.54) is 0 Å². The van der Waals surface area contributed by atoms with Gasteiger partial charge in [-0.3, -0.25) is 4.90 Å². The van der Waals surface area contributed by atoms with Crippen molar-refractivity contribution in [3.8, 4) is 5.75 Å². The van der Waals surface area contributed by atoms with Crippen LogP contribution in [0.3, 0.4) is 0 Å². The molecule has 0 bridgehead atoms. The summed E-state index contributed by atoms with van der Waals surface area (Å²) in [5, 5.41) is 3.51. The van der Waals surface area contributed by atoms with E-state index in [1.54, 1.807) is 25.3 Å². The number of nitrogens with zero attached hydrogens (tertiary/aromatic N) is 2. The van der Waals surface area contributed by atoms with Gasteiger partial charge in [0.1, 0.15) is 5.75 Å². The number of urea groups is 1. The number of benzene rings is 1. The quantitative estimate of drug-likeness (QED) is 0.889. The van der Waals surface area contributed by atoms with Crippen LogP contribution in [-0.2, 0) is 4.74 Å². The van der Waals surface area contributed by atoms with Gasteiger partial charge in [0.2, 0.25) is 0 Å². The summed E-state index contributed by atoms with van der Waals surface area (Å²) in [6.45, 7) is 7.15. The number of rotatable bonds is 4. The van der Waals surface area contributed by atoms with Crippen LogP contribution in [0.4, 0.5) is 10.5 Å². The number of halogens is 1. The maximum Gasteiger partial charge on any atom is 0.322 e. The van der Waals surface area contributed by atoms with Gasteiger partial charge >= 0.3 is 6.03 Å². The maximum absolute atomic E-state index is 12.8. The first-order valence-corrected chi connectivity index (χ1v) is 9.21. The molecule has 1 aromatic rings. The molecule has 0 aromatic heterocycles. The Bertz CT molecular complexity index is 607. The number of hydrogen-bond donors (Lipinski definition) is 1. The van der Waals surface area contributed by atoms with Crippen molar-refractivity contribution in [3.63, 3.8) is 0 Å². The zero-order valence-electron chi connectivity index (χ0n) is 14.8. The van der Waals surface area contributed by atoms with Crippen LogP contribution < -0.4 is 10.1 Å². The molecule has 0 aliphatic carbocycles. The highest BCUT2D eigenvalue weighted by Gasteiger charge is 2.38. The molecule has 2 aliphatic rings. The number of carbonyl (C=O) groups is 1. The first kappa shape index (κ1) is 18.3. The third-order valence-corrected chi connectivity index (χ3v) is 5.37.